The van der Waals surface area contributed by atoms with Crippen LogP contribution in [0.5, 0.6) is 0 Å². The van der Waals surface area contributed by atoms with Crippen molar-refractivity contribution >= 4 is 34.5 Å². The van der Waals surface area contributed by atoms with Crippen molar-refractivity contribution in [1.82, 2.24) is 4.98 Å². The third kappa shape index (κ3) is 4.37. The molecule has 1 N–H and O–H groups in total. The molecule has 0 bridgehead atoms. The Balaban J connectivity index is 1.67. The Bertz CT molecular complexity index is 658. The number of thioether (sulfide) groups is 1. The number of benzene rings is 1. The van der Waals surface area contributed by atoms with Gasteiger partial charge in [-0.05, 0) is 49.3 Å². The molecule has 6 heteroatoms. The fourth-order valence-corrected chi connectivity index (χ4v) is 3.96. The van der Waals surface area contributed by atoms with Gasteiger partial charge >= 0.3 is 0 Å². The Hall–Kier alpha value is -1.37. The van der Waals surface area contributed by atoms with Crippen molar-refractivity contribution in [3.63, 3.8) is 0 Å². The quantitative estimate of drug-likeness (QED) is 0.640. The number of pyridine rings is 1. The van der Waals surface area contributed by atoms with Crippen LogP contribution in [-0.2, 0) is 11.4 Å². The van der Waals surface area contributed by atoms with Crippen LogP contribution < -0.4 is 9.62 Å². The van der Waals surface area contributed by atoms with E-state index in [0.29, 0.717) is 4.90 Å². The van der Waals surface area contributed by atoms with E-state index >= 15 is 0 Å². The lowest BCUT2D eigenvalue weighted by atomic mass is 9.99. The minimum absolute atomic E-state index is 0.685. The average molecular weight is 362 g/mol. The minimum Gasteiger partial charge on any atom is -0.588 e. The molecule has 1 atom stereocenters. The molecule has 1 fully saturated rings. The summed E-state index contributed by atoms with van der Waals surface area (Å²) in [4.78, 5) is 7.37. The smallest absolute Gasteiger partial charge is 0.198 e. The van der Waals surface area contributed by atoms with Crippen LogP contribution in [-0.4, -0.2) is 28.9 Å². The van der Waals surface area contributed by atoms with E-state index in [0.717, 1.165) is 29.7 Å². The zero-order valence-corrected chi connectivity index (χ0v) is 15.7. The Morgan fingerprint density at radius 1 is 1.25 bits per heavy atom. The monoisotopic (exact) mass is 361 g/mol. The zero-order chi connectivity index (χ0) is 16.9. The van der Waals surface area contributed by atoms with E-state index in [-0.39, 0.29) is 0 Å². The second kappa shape index (κ2) is 8.14. The van der Waals surface area contributed by atoms with E-state index in [9.17, 15) is 4.55 Å². The maximum absolute atomic E-state index is 12.5. The first kappa shape index (κ1) is 17.5. The predicted octanol–water partition coefficient (Wildman–Crippen LogP) is 4.17. The van der Waals surface area contributed by atoms with Gasteiger partial charge < -0.3 is 9.45 Å². The van der Waals surface area contributed by atoms with Gasteiger partial charge in [-0.3, -0.25) is 0 Å². The molecule has 1 aromatic heterocycles. The highest BCUT2D eigenvalue weighted by atomic mass is 32.2. The molecule has 0 amide bonds. The minimum atomic E-state index is -1.30. The second-order valence-electron chi connectivity index (χ2n) is 6.13. The van der Waals surface area contributed by atoms with Crippen molar-refractivity contribution < 1.29 is 4.55 Å². The molecule has 0 spiro atoms. The van der Waals surface area contributed by atoms with E-state index in [1.165, 1.54) is 18.5 Å². The summed E-state index contributed by atoms with van der Waals surface area (Å²) in [5, 5.41) is 0.928. The maximum atomic E-state index is 12.5. The van der Waals surface area contributed by atoms with Gasteiger partial charge in [-0.25, -0.2) is 9.71 Å². The molecule has 3 rings (SSSR count). The summed E-state index contributed by atoms with van der Waals surface area (Å²) in [5.41, 5.74) is 2.07. The van der Waals surface area contributed by atoms with Crippen molar-refractivity contribution in [1.29, 1.82) is 0 Å². The maximum Gasteiger partial charge on any atom is 0.198 e. The highest BCUT2D eigenvalue weighted by Crippen LogP contribution is 2.26. The largest absolute Gasteiger partial charge is 0.588 e. The van der Waals surface area contributed by atoms with E-state index < -0.39 is 11.4 Å². The van der Waals surface area contributed by atoms with Gasteiger partial charge in [0.05, 0.1) is 16.9 Å². The lowest BCUT2D eigenvalue weighted by Gasteiger charge is -2.32. The molecule has 1 aliphatic heterocycles. The summed E-state index contributed by atoms with van der Waals surface area (Å²) >= 11 is 0.271. The molecule has 4 nitrogen and oxygen atoms in total. The Kier molecular flexibility index (Phi) is 5.92. The molecule has 128 valence electrons. The van der Waals surface area contributed by atoms with Gasteiger partial charge in [-0.1, -0.05) is 13.0 Å². The highest BCUT2D eigenvalue weighted by molar-refractivity contribution is 7.98. The normalized spacial score (nSPS) is 16.9. The Morgan fingerprint density at radius 2 is 2.04 bits per heavy atom. The summed E-state index contributed by atoms with van der Waals surface area (Å²) in [6, 6.07) is 11.9. The molecular weight excluding hydrogens is 338 g/mol. The molecule has 2 heterocycles. The zero-order valence-electron chi connectivity index (χ0n) is 14.1. The highest BCUT2D eigenvalue weighted by Gasteiger charge is 2.17. The molecule has 1 aromatic carbocycles. The summed E-state index contributed by atoms with van der Waals surface area (Å²) in [5.74, 6) is 0.812. The summed E-state index contributed by atoms with van der Waals surface area (Å²) < 4.78 is 15.6. The van der Waals surface area contributed by atoms with Crippen LogP contribution in [0.3, 0.4) is 0 Å². The summed E-state index contributed by atoms with van der Waals surface area (Å²) in [6.07, 6.45) is 6.11. The van der Waals surface area contributed by atoms with Crippen molar-refractivity contribution in [2.24, 2.45) is 5.92 Å². The first-order chi connectivity index (χ1) is 11.7. The van der Waals surface area contributed by atoms with E-state index in [4.69, 9.17) is 0 Å². The standard InChI is InChI=1S/C18H23N3OS2/c1-14-8-10-21(11-9-14)16-5-3-4-15(12-16)20-24(22)17-6-7-18(23-2)19-13-17/h3-7,12-14,20H,8-11H2,1-2H3. The van der Waals surface area contributed by atoms with Gasteiger partial charge in [0.2, 0.25) is 0 Å². The summed E-state index contributed by atoms with van der Waals surface area (Å²) in [7, 11) is 0. The van der Waals surface area contributed by atoms with Gasteiger partial charge in [0.15, 0.2) is 4.90 Å². The fraction of sp³-hybridized carbons (Fsp3) is 0.389. The number of nitrogens with zero attached hydrogens (tertiary/aromatic N) is 2. The Morgan fingerprint density at radius 3 is 2.71 bits per heavy atom. The van der Waals surface area contributed by atoms with Crippen molar-refractivity contribution in [3.8, 4) is 0 Å². The molecular formula is C18H23N3OS2. The predicted molar refractivity (Wildman–Crippen MR) is 103 cm³/mol. The molecule has 1 unspecified atom stereocenters. The molecule has 0 saturated carbocycles. The van der Waals surface area contributed by atoms with E-state index in [2.05, 4.69) is 33.7 Å². The van der Waals surface area contributed by atoms with Crippen LogP contribution in [0.15, 0.2) is 52.5 Å². The van der Waals surface area contributed by atoms with Gasteiger partial charge in [-0.15, -0.1) is 11.8 Å². The van der Waals surface area contributed by atoms with Crippen LogP contribution in [0.4, 0.5) is 11.4 Å². The SMILES string of the molecule is CSc1ccc([S+]([O-])Nc2cccc(N3CCC(C)CC3)c2)cn1. The number of aromatic nitrogens is 1. The number of anilines is 2. The summed E-state index contributed by atoms with van der Waals surface area (Å²) in [6.45, 7) is 4.50. The van der Waals surface area contributed by atoms with Gasteiger partial charge in [0, 0.05) is 24.8 Å². The van der Waals surface area contributed by atoms with Gasteiger partial charge in [-0.2, -0.15) is 0 Å². The molecule has 1 aliphatic rings. The number of hydrogen-bond donors (Lipinski definition) is 1. The van der Waals surface area contributed by atoms with Crippen LogP contribution in [0.25, 0.3) is 0 Å². The number of nitrogens with one attached hydrogen (secondary N) is 1. The lowest BCUT2D eigenvalue weighted by Crippen LogP contribution is -2.32. The van der Waals surface area contributed by atoms with E-state index in [1.54, 1.807) is 18.0 Å². The molecule has 2 aromatic rings. The fourth-order valence-electron chi connectivity index (χ4n) is 2.80. The first-order valence-corrected chi connectivity index (χ1v) is 10.6. The Labute approximate surface area is 151 Å². The van der Waals surface area contributed by atoms with Gasteiger partial charge in [0.25, 0.3) is 0 Å². The second-order valence-corrected chi connectivity index (χ2v) is 8.17. The molecule has 24 heavy (non-hydrogen) atoms. The van der Waals surface area contributed by atoms with Crippen molar-refractivity contribution in [2.45, 2.75) is 29.7 Å². The topological polar surface area (TPSA) is 51.2 Å². The molecule has 0 radical (unpaired) electrons. The van der Waals surface area contributed by atoms with E-state index in [1.807, 2.05) is 30.5 Å². The van der Waals surface area contributed by atoms with Crippen LogP contribution >= 0.6 is 11.8 Å². The average Bonchev–Trinajstić information content (AvgIpc) is 2.62. The molecule has 0 aliphatic carbocycles. The van der Waals surface area contributed by atoms with Crippen molar-refractivity contribution in [3.05, 3.63) is 42.6 Å². The first-order valence-electron chi connectivity index (χ1n) is 8.19. The number of rotatable bonds is 5. The third-order valence-electron chi connectivity index (χ3n) is 4.34. The van der Waals surface area contributed by atoms with Crippen LogP contribution in [0.2, 0.25) is 0 Å². The van der Waals surface area contributed by atoms with Crippen LogP contribution in [0.1, 0.15) is 19.8 Å². The van der Waals surface area contributed by atoms with Crippen molar-refractivity contribution in [2.75, 3.05) is 29.0 Å². The number of piperidine rings is 1. The third-order valence-corrected chi connectivity index (χ3v) is 6.09. The molecule has 1 saturated heterocycles. The van der Waals surface area contributed by atoms with Gasteiger partial charge in [0.1, 0.15) is 11.4 Å². The number of hydrogen-bond acceptors (Lipinski definition) is 5. The lowest BCUT2D eigenvalue weighted by molar-refractivity contribution is 0.438. The van der Waals surface area contributed by atoms with Crippen LogP contribution in [0, 0.1) is 5.92 Å².